The Kier molecular flexibility index (Phi) is 7.50. The van der Waals surface area contributed by atoms with Crippen LogP contribution in [0.3, 0.4) is 0 Å². The monoisotopic (exact) mass is 286 g/mol. The van der Waals surface area contributed by atoms with Gasteiger partial charge in [0.15, 0.2) is 0 Å². The van der Waals surface area contributed by atoms with Crippen LogP contribution in [-0.4, -0.2) is 17.8 Å². The van der Waals surface area contributed by atoms with Gasteiger partial charge in [-0.05, 0) is 30.9 Å². The summed E-state index contributed by atoms with van der Waals surface area (Å²) in [5.74, 6) is 0.0571. The lowest BCUT2D eigenvalue weighted by atomic mass is 10.1. The number of hydrogen-bond donors (Lipinski definition) is 1. The van der Waals surface area contributed by atoms with Crippen LogP contribution in [0.2, 0.25) is 0 Å². The van der Waals surface area contributed by atoms with Crippen molar-refractivity contribution in [1.82, 2.24) is 0 Å². The number of hydrogen-bond acceptors (Lipinski definition) is 6. The van der Waals surface area contributed by atoms with Gasteiger partial charge in [-0.3, -0.25) is 0 Å². The van der Waals surface area contributed by atoms with E-state index in [1.165, 1.54) is 25.0 Å². The molecule has 1 N–H and O–H groups in total. The second-order valence-electron chi connectivity index (χ2n) is 4.30. The third kappa shape index (κ3) is 6.58. The molecule has 0 saturated heterocycles. The van der Waals surface area contributed by atoms with Gasteiger partial charge < -0.3 is 4.74 Å². The van der Waals surface area contributed by atoms with E-state index in [1.807, 2.05) is 0 Å². The smallest absolute Gasteiger partial charge is 0.337 e. The summed E-state index contributed by atoms with van der Waals surface area (Å²) in [6.45, 7) is 7.68. The summed E-state index contributed by atoms with van der Waals surface area (Å²) < 4.78 is 9.36. The van der Waals surface area contributed by atoms with Crippen molar-refractivity contribution in [3.63, 3.8) is 0 Å². The van der Waals surface area contributed by atoms with Crippen molar-refractivity contribution < 1.29 is 24.2 Å². The van der Waals surface area contributed by atoms with E-state index >= 15 is 0 Å². The Bertz CT molecular complexity index is 358. The largest absolute Gasteiger partial charge is 0.462 e. The first-order valence-electron chi connectivity index (χ1n) is 6.01. The Balaban J connectivity index is 2.25. The molecule has 0 spiro atoms. The molecule has 5 nitrogen and oxygen atoms in total. The van der Waals surface area contributed by atoms with Crippen LogP contribution in [0.4, 0.5) is 0 Å². The van der Waals surface area contributed by atoms with Crippen LogP contribution >= 0.6 is 12.0 Å². The van der Waals surface area contributed by atoms with Gasteiger partial charge in [-0.15, -0.1) is 4.33 Å². The van der Waals surface area contributed by atoms with Gasteiger partial charge in [0.25, 0.3) is 0 Å². The number of ether oxygens (including phenoxy) is 1. The molecule has 6 heteroatoms. The minimum absolute atomic E-state index is 0.240. The lowest BCUT2D eigenvalue weighted by Crippen LogP contribution is -2.12. The summed E-state index contributed by atoms with van der Waals surface area (Å²) in [5.41, 5.74) is 0.240. The van der Waals surface area contributed by atoms with Crippen LogP contribution in [0.15, 0.2) is 35.8 Å². The van der Waals surface area contributed by atoms with E-state index in [9.17, 15) is 4.79 Å². The molecule has 0 bridgehead atoms. The molecule has 106 valence electrons. The highest BCUT2D eigenvalue weighted by atomic mass is 32.2. The lowest BCUT2D eigenvalue weighted by molar-refractivity contribution is -0.431. The Hall–Kier alpha value is -1.08. The standard InChI is InChI=1S/C13H18O5S/c1-10(7-8-11(2)19-18-17-15)13(14)16-9-12-5-3-4-6-12/h7-8,12,15H,1-6,9H2/b8-7-. The molecule has 0 aromatic carbocycles. The molecule has 1 aliphatic carbocycles. The predicted octanol–water partition coefficient (Wildman–Crippen LogP) is 3.42. The number of esters is 1. The van der Waals surface area contributed by atoms with Crippen molar-refractivity contribution in [2.75, 3.05) is 6.61 Å². The summed E-state index contributed by atoms with van der Waals surface area (Å²) in [6.07, 6.45) is 7.68. The quantitative estimate of drug-likeness (QED) is 0.184. The van der Waals surface area contributed by atoms with Gasteiger partial charge >= 0.3 is 5.97 Å². The molecule has 0 unspecified atom stereocenters. The molecule has 1 aliphatic rings. The summed E-state index contributed by atoms with van der Waals surface area (Å²) >= 11 is 0.717. The highest BCUT2D eigenvalue weighted by molar-refractivity contribution is 7.98. The van der Waals surface area contributed by atoms with Gasteiger partial charge in [-0.1, -0.05) is 31.0 Å². The summed E-state index contributed by atoms with van der Waals surface area (Å²) in [5, 5.41) is 11.4. The first-order valence-corrected chi connectivity index (χ1v) is 6.75. The molecule has 0 heterocycles. The van der Waals surface area contributed by atoms with E-state index in [-0.39, 0.29) is 5.57 Å². The zero-order valence-electron chi connectivity index (χ0n) is 10.7. The molecule has 0 amide bonds. The molecule has 1 saturated carbocycles. The average molecular weight is 286 g/mol. The fourth-order valence-corrected chi connectivity index (χ4v) is 2.05. The molecule has 0 aliphatic heterocycles. The van der Waals surface area contributed by atoms with Crippen molar-refractivity contribution in [3.05, 3.63) is 35.8 Å². The molecular formula is C13H18O5S. The van der Waals surface area contributed by atoms with Crippen molar-refractivity contribution >= 4 is 18.0 Å². The maximum Gasteiger partial charge on any atom is 0.337 e. The summed E-state index contributed by atoms with van der Waals surface area (Å²) in [4.78, 5) is 12.1. The molecule has 0 aromatic rings. The van der Waals surface area contributed by atoms with Crippen LogP contribution in [0.1, 0.15) is 25.7 Å². The van der Waals surface area contributed by atoms with Crippen molar-refractivity contribution in [2.45, 2.75) is 25.7 Å². The topological polar surface area (TPSA) is 65.0 Å². The zero-order chi connectivity index (χ0) is 14.1. The van der Waals surface area contributed by atoms with Crippen LogP contribution in [0.5, 0.6) is 0 Å². The van der Waals surface area contributed by atoms with E-state index in [4.69, 9.17) is 9.99 Å². The normalized spacial score (nSPS) is 15.8. The van der Waals surface area contributed by atoms with Crippen LogP contribution < -0.4 is 0 Å². The second-order valence-corrected chi connectivity index (χ2v) is 5.13. The SMILES string of the molecule is C=C(/C=C\C(=C)C(=O)OCC1CCCC1)SOOO. The first kappa shape index (κ1) is 16.0. The Morgan fingerprint density at radius 2 is 2.00 bits per heavy atom. The third-order valence-corrected chi connectivity index (χ3v) is 3.31. The molecule has 1 rings (SSSR count). The molecular weight excluding hydrogens is 268 g/mol. The third-order valence-electron chi connectivity index (χ3n) is 2.83. The highest BCUT2D eigenvalue weighted by Crippen LogP contribution is 2.25. The van der Waals surface area contributed by atoms with Gasteiger partial charge in [0.1, 0.15) is 0 Å². The summed E-state index contributed by atoms with van der Waals surface area (Å²) in [7, 11) is 0. The Labute approximate surface area is 117 Å². The number of rotatable bonds is 8. The number of carbonyl (C=O) groups is 1. The van der Waals surface area contributed by atoms with E-state index < -0.39 is 5.97 Å². The van der Waals surface area contributed by atoms with Gasteiger partial charge in [0, 0.05) is 4.91 Å². The minimum Gasteiger partial charge on any atom is -0.462 e. The first-order chi connectivity index (χ1) is 9.13. The lowest BCUT2D eigenvalue weighted by Gasteiger charge is -2.09. The molecule has 0 radical (unpaired) electrons. The zero-order valence-corrected chi connectivity index (χ0v) is 11.5. The van der Waals surface area contributed by atoms with E-state index in [0.29, 0.717) is 17.4 Å². The molecule has 19 heavy (non-hydrogen) atoms. The summed E-state index contributed by atoms with van der Waals surface area (Å²) in [6, 6.07) is 0. The number of carbonyl (C=O) groups excluding carboxylic acids is 1. The van der Waals surface area contributed by atoms with E-state index in [0.717, 1.165) is 24.9 Å². The highest BCUT2D eigenvalue weighted by Gasteiger charge is 2.17. The van der Waals surface area contributed by atoms with Gasteiger partial charge in [0.05, 0.1) is 24.2 Å². The Morgan fingerprint density at radius 3 is 2.63 bits per heavy atom. The number of allylic oxidation sites excluding steroid dienone is 1. The minimum atomic E-state index is -0.430. The second kappa shape index (κ2) is 8.92. The fourth-order valence-electron chi connectivity index (χ4n) is 1.81. The van der Waals surface area contributed by atoms with Gasteiger partial charge in [0.2, 0.25) is 0 Å². The van der Waals surface area contributed by atoms with Gasteiger partial charge in [-0.2, -0.15) is 0 Å². The fraction of sp³-hybridized carbons (Fsp3) is 0.462. The average Bonchev–Trinajstić information content (AvgIpc) is 2.92. The van der Waals surface area contributed by atoms with Crippen LogP contribution in [0, 0.1) is 5.92 Å². The molecule has 0 atom stereocenters. The van der Waals surface area contributed by atoms with Crippen LogP contribution in [0.25, 0.3) is 0 Å². The van der Waals surface area contributed by atoms with Crippen LogP contribution in [-0.2, 0) is 18.9 Å². The van der Waals surface area contributed by atoms with Crippen molar-refractivity contribution in [1.29, 1.82) is 0 Å². The molecule has 0 aromatic heterocycles. The maximum atomic E-state index is 11.6. The van der Waals surface area contributed by atoms with E-state index in [2.05, 4.69) is 22.5 Å². The molecule has 1 fully saturated rings. The predicted molar refractivity (Wildman–Crippen MR) is 72.7 cm³/mol. The van der Waals surface area contributed by atoms with Crippen molar-refractivity contribution in [3.8, 4) is 0 Å². The van der Waals surface area contributed by atoms with E-state index in [1.54, 1.807) is 0 Å². The maximum absolute atomic E-state index is 11.6. The Morgan fingerprint density at radius 1 is 1.32 bits per heavy atom. The van der Waals surface area contributed by atoms with Crippen molar-refractivity contribution in [2.24, 2.45) is 5.92 Å². The van der Waals surface area contributed by atoms with Gasteiger partial charge in [-0.25, -0.2) is 10.1 Å².